The van der Waals surface area contributed by atoms with Crippen LogP contribution in [0.15, 0.2) is 12.1 Å². The molecule has 2 rings (SSSR count). The Morgan fingerprint density at radius 3 is 2.65 bits per heavy atom. The van der Waals surface area contributed by atoms with E-state index in [9.17, 15) is 23.2 Å². The van der Waals surface area contributed by atoms with Crippen LogP contribution in [-0.4, -0.2) is 42.4 Å². The van der Waals surface area contributed by atoms with Gasteiger partial charge in [0.05, 0.1) is 17.9 Å². The lowest BCUT2D eigenvalue weighted by atomic mass is 10.1. The molecule has 0 aromatic heterocycles. The fourth-order valence-corrected chi connectivity index (χ4v) is 1.90. The summed E-state index contributed by atoms with van der Waals surface area (Å²) in [6.45, 7) is -0.914. The summed E-state index contributed by atoms with van der Waals surface area (Å²) in [7, 11) is 0. The predicted octanol–water partition coefficient (Wildman–Crippen LogP) is -0.397. The Morgan fingerprint density at radius 2 is 2.00 bits per heavy atom. The number of amides is 2. The molecule has 1 aromatic rings. The molecule has 1 aliphatic heterocycles. The van der Waals surface area contributed by atoms with Crippen LogP contribution in [0.3, 0.4) is 0 Å². The minimum absolute atomic E-state index is 0.0342. The second-order valence-corrected chi connectivity index (χ2v) is 4.08. The SMILES string of the molecule is O=C(CN1C(=O)C(=O)c2cc(F)cc(F)c21)NCCO. The van der Waals surface area contributed by atoms with E-state index in [0.29, 0.717) is 11.0 Å². The maximum Gasteiger partial charge on any atom is 0.300 e. The monoisotopic (exact) mass is 284 g/mol. The fourth-order valence-electron chi connectivity index (χ4n) is 1.90. The first-order chi connectivity index (χ1) is 9.45. The van der Waals surface area contributed by atoms with Crippen molar-refractivity contribution >= 4 is 23.3 Å². The van der Waals surface area contributed by atoms with Crippen LogP contribution < -0.4 is 10.2 Å². The van der Waals surface area contributed by atoms with Gasteiger partial charge in [0, 0.05) is 12.6 Å². The summed E-state index contributed by atoms with van der Waals surface area (Å²) < 4.78 is 26.7. The van der Waals surface area contributed by atoms with Gasteiger partial charge < -0.3 is 10.4 Å². The molecule has 2 amide bonds. The Kier molecular flexibility index (Phi) is 3.75. The van der Waals surface area contributed by atoms with E-state index in [2.05, 4.69) is 5.32 Å². The van der Waals surface area contributed by atoms with Gasteiger partial charge in [0.15, 0.2) is 5.82 Å². The van der Waals surface area contributed by atoms with E-state index >= 15 is 0 Å². The smallest absolute Gasteiger partial charge is 0.300 e. The lowest BCUT2D eigenvalue weighted by molar-refractivity contribution is -0.122. The first-order valence-electron chi connectivity index (χ1n) is 5.68. The van der Waals surface area contributed by atoms with Crippen molar-refractivity contribution in [1.29, 1.82) is 0 Å². The molecular formula is C12H10F2N2O4. The van der Waals surface area contributed by atoms with Crippen LogP contribution in [0.5, 0.6) is 0 Å². The molecule has 0 saturated carbocycles. The molecule has 0 fully saturated rings. The van der Waals surface area contributed by atoms with E-state index in [4.69, 9.17) is 5.11 Å². The second kappa shape index (κ2) is 5.33. The number of halogens is 2. The van der Waals surface area contributed by atoms with E-state index in [-0.39, 0.29) is 13.2 Å². The van der Waals surface area contributed by atoms with Crippen LogP contribution in [0.2, 0.25) is 0 Å². The molecule has 0 bridgehead atoms. The summed E-state index contributed by atoms with van der Waals surface area (Å²) in [4.78, 5) is 35.4. The van der Waals surface area contributed by atoms with Gasteiger partial charge in [-0.2, -0.15) is 0 Å². The summed E-state index contributed by atoms with van der Waals surface area (Å²) in [5, 5.41) is 10.8. The van der Waals surface area contributed by atoms with Gasteiger partial charge in [0.1, 0.15) is 12.4 Å². The third kappa shape index (κ3) is 2.37. The number of anilines is 1. The zero-order valence-corrected chi connectivity index (χ0v) is 10.2. The summed E-state index contributed by atoms with van der Waals surface area (Å²) in [6, 6.07) is 1.29. The Balaban J connectivity index is 2.31. The van der Waals surface area contributed by atoms with E-state index in [0.717, 1.165) is 6.07 Å². The Hall–Kier alpha value is -2.35. The normalized spacial score (nSPS) is 13.7. The van der Waals surface area contributed by atoms with E-state index in [1.54, 1.807) is 0 Å². The summed E-state index contributed by atoms with van der Waals surface area (Å²) in [5.74, 6) is -4.89. The molecule has 1 heterocycles. The van der Waals surface area contributed by atoms with Crippen LogP contribution in [0.4, 0.5) is 14.5 Å². The molecule has 0 unspecified atom stereocenters. The van der Waals surface area contributed by atoms with Gasteiger partial charge in [-0.05, 0) is 6.07 Å². The number of carbonyl (C=O) groups is 3. The largest absolute Gasteiger partial charge is 0.395 e. The summed E-state index contributed by atoms with van der Waals surface area (Å²) >= 11 is 0. The summed E-state index contributed by atoms with van der Waals surface area (Å²) in [5.41, 5.74) is -0.803. The minimum Gasteiger partial charge on any atom is -0.395 e. The number of hydrogen-bond donors (Lipinski definition) is 2. The molecule has 106 valence electrons. The van der Waals surface area contributed by atoms with Crippen LogP contribution in [-0.2, 0) is 9.59 Å². The highest BCUT2D eigenvalue weighted by molar-refractivity contribution is 6.52. The molecule has 20 heavy (non-hydrogen) atoms. The van der Waals surface area contributed by atoms with Gasteiger partial charge >= 0.3 is 0 Å². The quantitative estimate of drug-likeness (QED) is 0.737. The zero-order chi connectivity index (χ0) is 14.9. The first kappa shape index (κ1) is 14.1. The van der Waals surface area contributed by atoms with Crippen LogP contribution in [0, 0.1) is 11.6 Å². The standard InChI is InChI=1S/C12H10F2N2O4/c13-6-3-7-10(8(14)4-6)16(12(20)11(7)19)5-9(18)15-1-2-17/h3-4,17H,1-2,5H2,(H,15,18). The predicted molar refractivity (Wildman–Crippen MR) is 63.1 cm³/mol. The highest BCUT2D eigenvalue weighted by Gasteiger charge is 2.39. The number of rotatable bonds is 4. The van der Waals surface area contributed by atoms with Crippen LogP contribution in [0.1, 0.15) is 10.4 Å². The maximum atomic E-state index is 13.7. The topological polar surface area (TPSA) is 86.7 Å². The lowest BCUT2D eigenvalue weighted by Crippen LogP contribution is -2.41. The average Bonchev–Trinajstić information content (AvgIpc) is 2.62. The Labute approximate surface area is 112 Å². The Bertz CT molecular complexity index is 603. The van der Waals surface area contributed by atoms with E-state index < -0.39 is 47.0 Å². The molecule has 0 spiro atoms. The lowest BCUT2D eigenvalue weighted by Gasteiger charge is -2.16. The molecule has 8 heteroatoms. The molecular weight excluding hydrogens is 274 g/mol. The number of carbonyl (C=O) groups excluding carboxylic acids is 3. The third-order valence-electron chi connectivity index (χ3n) is 2.72. The third-order valence-corrected chi connectivity index (χ3v) is 2.72. The van der Waals surface area contributed by atoms with Gasteiger partial charge in [-0.15, -0.1) is 0 Å². The zero-order valence-electron chi connectivity index (χ0n) is 10.2. The van der Waals surface area contributed by atoms with E-state index in [1.807, 2.05) is 0 Å². The van der Waals surface area contributed by atoms with Crippen molar-refractivity contribution in [3.63, 3.8) is 0 Å². The van der Waals surface area contributed by atoms with Gasteiger partial charge in [0.25, 0.3) is 11.7 Å². The number of ketones is 1. The number of nitrogens with one attached hydrogen (secondary N) is 1. The number of aliphatic hydroxyl groups excluding tert-OH is 1. The van der Waals surface area contributed by atoms with Crippen LogP contribution >= 0.6 is 0 Å². The molecule has 2 N–H and O–H groups in total. The highest BCUT2D eigenvalue weighted by atomic mass is 19.1. The van der Waals surface area contributed by atoms with Crippen molar-refractivity contribution in [2.45, 2.75) is 0 Å². The molecule has 0 atom stereocenters. The number of Topliss-reactive ketones (excluding diaryl/α,β-unsaturated/α-hetero) is 1. The van der Waals surface area contributed by atoms with Gasteiger partial charge in [-0.3, -0.25) is 19.3 Å². The number of fused-ring (bicyclic) bond motifs is 1. The van der Waals surface area contributed by atoms with Crippen molar-refractivity contribution in [2.24, 2.45) is 0 Å². The Morgan fingerprint density at radius 1 is 1.30 bits per heavy atom. The summed E-state index contributed by atoms with van der Waals surface area (Å²) in [6.07, 6.45) is 0. The number of nitrogens with zero attached hydrogens (tertiary/aromatic N) is 1. The average molecular weight is 284 g/mol. The first-order valence-corrected chi connectivity index (χ1v) is 5.68. The molecule has 0 radical (unpaired) electrons. The molecule has 1 aromatic carbocycles. The number of hydrogen-bond acceptors (Lipinski definition) is 4. The van der Waals surface area contributed by atoms with Crippen LogP contribution in [0.25, 0.3) is 0 Å². The van der Waals surface area contributed by atoms with Gasteiger partial charge in [0.2, 0.25) is 5.91 Å². The molecule has 0 saturated heterocycles. The number of benzene rings is 1. The van der Waals surface area contributed by atoms with E-state index in [1.165, 1.54) is 0 Å². The van der Waals surface area contributed by atoms with Crippen molar-refractivity contribution < 1.29 is 28.3 Å². The second-order valence-electron chi connectivity index (χ2n) is 4.08. The van der Waals surface area contributed by atoms with Crippen molar-refractivity contribution in [1.82, 2.24) is 5.32 Å². The van der Waals surface area contributed by atoms with Crippen molar-refractivity contribution in [3.05, 3.63) is 29.3 Å². The molecule has 0 aliphatic carbocycles. The highest BCUT2D eigenvalue weighted by Crippen LogP contribution is 2.32. The van der Waals surface area contributed by atoms with Crippen molar-refractivity contribution in [2.75, 3.05) is 24.6 Å². The minimum atomic E-state index is -1.09. The van der Waals surface area contributed by atoms with Crippen molar-refractivity contribution in [3.8, 4) is 0 Å². The molecule has 1 aliphatic rings. The fraction of sp³-hybridized carbons (Fsp3) is 0.250. The van der Waals surface area contributed by atoms with Gasteiger partial charge in [-0.1, -0.05) is 0 Å². The maximum absolute atomic E-state index is 13.7. The number of aliphatic hydroxyl groups is 1. The van der Waals surface area contributed by atoms with Gasteiger partial charge in [-0.25, -0.2) is 8.78 Å². The molecule has 6 nitrogen and oxygen atoms in total.